The summed E-state index contributed by atoms with van der Waals surface area (Å²) in [6.45, 7) is 2.33. The first-order valence-corrected chi connectivity index (χ1v) is 8.45. The molecule has 3 atom stereocenters. The summed E-state index contributed by atoms with van der Waals surface area (Å²) in [7, 11) is 4.47. The van der Waals surface area contributed by atoms with Crippen molar-refractivity contribution in [2.75, 3.05) is 14.1 Å². The summed E-state index contributed by atoms with van der Waals surface area (Å²) < 4.78 is 0. The molecule has 2 aromatic carbocycles. The van der Waals surface area contributed by atoms with E-state index in [1.165, 1.54) is 24.0 Å². The maximum absolute atomic E-state index is 2.43. The molecule has 22 heavy (non-hydrogen) atoms. The Kier molecular flexibility index (Phi) is 4.35. The third-order valence-corrected chi connectivity index (χ3v) is 5.50. The highest BCUT2D eigenvalue weighted by Gasteiger charge is 2.45. The molecule has 116 valence electrons. The fourth-order valence-electron chi connectivity index (χ4n) is 3.99. The van der Waals surface area contributed by atoms with E-state index in [9.17, 15) is 0 Å². The molecule has 3 rings (SSSR count). The Morgan fingerprint density at radius 3 is 2.09 bits per heavy atom. The molecule has 3 unspecified atom stereocenters. The van der Waals surface area contributed by atoms with Crippen molar-refractivity contribution >= 4 is 0 Å². The van der Waals surface area contributed by atoms with E-state index in [0.717, 1.165) is 18.3 Å². The second-order valence-electron chi connectivity index (χ2n) is 6.86. The van der Waals surface area contributed by atoms with Crippen LogP contribution in [0.15, 0.2) is 60.7 Å². The van der Waals surface area contributed by atoms with Crippen molar-refractivity contribution in [1.29, 1.82) is 0 Å². The highest BCUT2D eigenvalue weighted by Crippen LogP contribution is 2.54. The summed E-state index contributed by atoms with van der Waals surface area (Å²) in [5.74, 6) is 1.57. The molecular formula is C21H27N. The summed E-state index contributed by atoms with van der Waals surface area (Å²) >= 11 is 0. The standard InChI is InChI=1S/C21H27N/c1-4-21(22(2)3,19-13-9-6-10-14-19)16-18-15-20(18)17-11-7-5-8-12-17/h5-14,18,20H,4,15-16H2,1-3H3. The Morgan fingerprint density at radius 2 is 1.55 bits per heavy atom. The Morgan fingerprint density at radius 1 is 0.955 bits per heavy atom. The minimum absolute atomic E-state index is 0.162. The molecule has 1 nitrogen and oxygen atoms in total. The van der Waals surface area contributed by atoms with Gasteiger partial charge in [0.1, 0.15) is 0 Å². The lowest BCUT2D eigenvalue weighted by atomic mass is 9.80. The molecule has 0 aromatic heterocycles. The van der Waals surface area contributed by atoms with Crippen LogP contribution in [0.25, 0.3) is 0 Å². The van der Waals surface area contributed by atoms with E-state index in [2.05, 4.69) is 86.6 Å². The second kappa shape index (κ2) is 6.26. The van der Waals surface area contributed by atoms with Gasteiger partial charge in [-0.1, -0.05) is 67.6 Å². The van der Waals surface area contributed by atoms with Crippen LogP contribution >= 0.6 is 0 Å². The molecule has 1 heteroatoms. The first kappa shape index (κ1) is 15.3. The van der Waals surface area contributed by atoms with Crippen LogP contribution in [-0.4, -0.2) is 19.0 Å². The smallest absolute Gasteiger partial charge is 0.0455 e. The van der Waals surface area contributed by atoms with Gasteiger partial charge in [-0.3, -0.25) is 4.90 Å². The monoisotopic (exact) mass is 293 g/mol. The molecule has 0 aliphatic heterocycles. The van der Waals surface area contributed by atoms with Gasteiger partial charge in [-0.25, -0.2) is 0 Å². The van der Waals surface area contributed by atoms with E-state index in [4.69, 9.17) is 0 Å². The second-order valence-corrected chi connectivity index (χ2v) is 6.86. The van der Waals surface area contributed by atoms with Crippen LogP contribution in [-0.2, 0) is 5.54 Å². The van der Waals surface area contributed by atoms with Gasteiger partial charge < -0.3 is 0 Å². The molecular weight excluding hydrogens is 266 g/mol. The summed E-state index contributed by atoms with van der Waals surface area (Å²) in [4.78, 5) is 2.43. The molecule has 0 bridgehead atoms. The van der Waals surface area contributed by atoms with E-state index in [1.807, 2.05) is 0 Å². The number of rotatable bonds is 6. The third-order valence-electron chi connectivity index (χ3n) is 5.50. The molecule has 1 saturated carbocycles. The fraction of sp³-hybridized carbons (Fsp3) is 0.429. The van der Waals surface area contributed by atoms with E-state index >= 15 is 0 Å². The van der Waals surface area contributed by atoms with Gasteiger partial charge in [0.25, 0.3) is 0 Å². The van der Waals surface area contributed by atoms with Gasteiger partial charge >= 0.3 is 0 Å². The van der Waals surface area contributed by atoms with Crippen LogP contribution < -0.4 is 0 Å². The van der Waals surface area contributed by atoms with Crippen LogP contribution in [0.2, 0.25) is 0 Å². The van der Waals surface area contributed by atoms with E-state index in [0.29, 0.717) is 0 Å². The van der Waals surface area contributed by atoms with Crippen molar-refractivity contribution in [3.63, 3.8) is 0 Å². The zero-order chi connectivity index (χ0) is 15.6. The Labute approximate surface area is 135 Å². The highest BCUT2D eigenvalue weighted by atomic mass is 15.1. The van der Waals surface area contributed by atoms with Gasteiger partial charge in [-0.2, -0.15) is 0 Å². The van der Waals surface area contributed by atoms with Crippen LogP contribution in [0.1, 0.15) is 43.2 Å². The predicted octanol–water partition coefficient (Wildman–Crippen LogP) is 5.05. The van der Waals surface area contributed by atoms with Gasteiger partial charge in [0.2, 0.25) is 0 Å². The van der Waals surface area contributed by atoms with E-state index in [1.54, 1.807) is 0 Å². The molecule has 1 aliphatic rings. The Balaban J connectivity index is 1.81. The maximum Gasteiger partial charge on any atom is 0.0455 e. The van der Waals surface area contributed by atoms with Crippen molar-refractivity contribution in [1.82, 2.24) is 4.90 Å². The maximum atomic E-state index is 2.43. The highest BCUT2D eigenvalue weighted by molar-refractivity contribution is 5.29. The molecule has 0 heterocycles. The topological polar surface area (TPSA) is 3.24 Å². The van der Waals surface area contributed by atoms with Crippen LogP contribution in [0.5, 0.6) is 0 Å². The average Bonchev–Trinajstić information content (AvgIpc) is 3.33. The first-order valence-electron chi connectivity index (χ1n) is 8.45. The van der Waals surface area contributed by atoms with Gasteiger partial charge in [0, 0.05) is 5.54 Å². The summed E-state index contributed by atoms with van der Waals surface area (Å²) in [6, 6.07) is 22.1. The normalized spacial score (nSPS) is 23.3. The fourth-order valence-corrected chi connectivity index (χ4v) is 3.99. The summed E-state index contributed by atoms with van der Waals surface area (Å²) in [6.07, 6.45) is 3.74. The van der Waals surface area contributed by atoms with Crippen molar-refractivity contribution in [2.45, 2.75) is 37.6 Å². The molecule has 0 saturated heterocycles. The number of hydrogen-bond donors (Lipinski definition) is 0. The molecule has 1 aliphatic carbocycles. The average molecular weight is 293 g/mol. The first-order chi connectivity index (χ1) is 10.7. The Bertz CT molecular complexity index is 590. The largest absolute Gasteiger partial charge is 0.300 e. The lowest BCUT2D eigenvalue weighted by Gasteiger charge is -2.40. The van der Waals surface area contributed by atoms with Gasteiger partial charge in [-0.15, -0.1) is 0 Å². The zero-order valence-corrected chi connectivity index (χ0v) is 14.0. The Hall–Kier alpha value is -1.60. The predicted molar refractivity (Wildman–Crippen MR) is 94.0 cm³/mol. The van der Waals surface area contributed by atoms with Gasteiger partial charge in [0.05, 0.1) is 0 Å². The van der Waals surface area contributed by atoms with Gasteiger partial charge in [-0.05, 0) is 56.3 Å². The zero-order valence-electron chi connectivity index (χ0n) is 14.0. The SMILES string of the molecule is CCC(CC1CC1c1ccccc1)(c1ccccc1)N(C)C. The van der Waals surface area contributed by atoms with Gasteiger partial charge in [0.15, 0.2) is 0 Å². The molecule has 0 amide bonds. The lowest BCUT2D eigenvalue weighted by Crippen LogP contribution is -2.41. The summed E-state index contributed by atoms with van der Waals surface area (Å²) in [5, 5.41) is 0. The minimum atomic E-state index is 0.162. The van der Waals surface area contributed by atoms with Crippen molar-refractivity contribution in [3.8, 4) is 0 Å². The molecule has 2 aromatic rings. The van der Waals surface area contributed by atoms with E-state index < -0.39 is 0 Å². The van der Waals surface area contributed by atoms with Crippen LogP contribution in [0.3, 0.4) is 0 Å². The van der Waals surface area contributed by atoms with Crippen molar-refractivity contribution < 1.29 is 0 Å². The van der Waals surface area contributed by atoms with Crippen LogP contribution in [0, 0.1) is 5.92 Å². The lowest BCUT2D eigenvalue weighted by molar-refractivity contribution is 0.123. The number of nitrogens with zero attached hydrogens (tertiary/aromatic N) is 1. The molecule has 0 N–H and O–H groups in total. The van der Waals surface area contributed by atoms with E-state index in [-0.39, 0.29) is 5.54 Å². The molecule has 1 fully saturated rings. The van der Waals surface area contributed by atoms with Crippen molar-refractivity contribution in [3.05, 3.63) is 71.8 Å². The third kappa shape index (κ3) is 2.83. The number of benzene rings is 2. The van der Waals surface area contributed by atoms with Crippen molar-refractivity contribution in [2.24, 2.45) is 5.92 Å². The molecule has 0 spiro atoms. The van der Waals surface area contributed by atoms with Crippen LogP contribution in [0.4, 0.5) is 0 Å². The molecule has 0 radical (unpaired) electrons. The number of hydrogen-bond acceptors (Lipinski definition) is 1. The quantitative estimate of drug-likeness (QED) is 0.720. The summed E-state index contributed by atoms with van der Waals surface area (Å²) in [5.41, 5.74) is 3.14. The minimum Gasteiger partial charge on any atom is -0.300 e.